The van der Waals surface area contributed by atoms with E-state index in [-0.39, 0.29) is 11.9 Å². The van der Waals surface area contributed by atoms with Crippen molar-refractivity contribution < 1.29 is 9.53 Å². The van der Waals surface area contributed by atoms with Crippen LogP contribution >= 0.6 is 0 Å². The summed E-state index contributed by atoms with van der Waals surface area (Å²) in [7, 11) is 0. The molecule has 1 aromatic rings. The Kier molecular flexibility index (Phi) is 5.86. The number of amides is 1. The van der Waals surface area contributed by atoms with Gasteiger partial charge in [0.25, 0.3) is 0 Å². The standard InChI is InChI=1S/C18H29N5O2/c1-13(2)15-10-23(18-14(3)19-4-5-20-18)11-16(15)21-17(24)12-22-6-8-25-9-7-22/h4-5,13,15-16H,6-12H2,1-3H3,(H,21,24)/t15-,16+/m1/s1. The van der Waals surface area contributed by atoms with Gasteiger partial charge in [-0.1, -0.05) is 13.8 Å². The Morgan fingerprint density at radius 1 is 1.28 bits per heavy atom. The summed E-state index contributed by atoms with van der Waals surface area (Å²) in [6.45, 7) is 11.7. The van der Waals surface area contributed by atoms with Crippen molar-refractivity contribution in [1.82, 2.24) is 20.2 Å². The van der Waals surface area contributed by atoms with Gasteiger partial charge in [-0.15, -0.1) is 0 Å². The zero-order valence-corrected chi connectivity index (χ0v) is 15.4. The molecule has 3 heterocycles. The van der Waals surface area contributed by atoms with Crippen LogP contribution < -0.4 is 10.2 Å². The molecule has 0 radical (unpaired) electrons. The Bertz CT molecular complexity index is 589. The molecule has 1 aromatic heterocycles. The first-order chi connectivity index (χ1) is 12.0. The maximum atomic E-state index is 12.5. The van der Waals surface area contributed by atoms with E-state index in [1.807, 2.05) is 6.92 Å². The first-order valence-electron chi connectivity index (χ1n) is 9.16. The average Bonchev–Trinajstić information content (AvgIpc) is 3.00. The molecule has 0 unspecified atom stereocenters. The number of morpholine rings is 1. The minimum Gasteiger partial charge on any atom is -0.379 e. The third-order valence-electron chi connectivity index (χ3n) is 5.19. The maximum absolute atomic E-state index is 12.5. The number of ether oxygens (including phenoxy) is 1. The van der Waals surface area contributed by atoms with Crippen LogP contribution in [0.25, 0.3) is 0 Å². The normalized spacial score (nSPS) is 24.7. The third-order valence-corrected chi connectivity index (χ3v) is 5.19. The fourth-order valence-corrected chi connectivity index (χ4v) is 3.76. The van der Waals surface area contributed by atoms with Crippen molar-refractivity contribution in [2.24, 2.45) is 11.8 Å². The van der Waals surface area contributed by atoms with Crippen LogP contribution in [-0.2, 0) is 9.53 Å². The number of aromatic nitrogens is 2. The summed E-state index contributed by atoms with van der Waals surface area (Å²) in [5, 5.41) is 3.27. The molecule has 0 aromatic carbocycles. The number of rotatable bonds is 5. The number of aryl methyl sites for hydroxylation is 1. The van der Waals surface area contributed by atoms with E-state index < -0.39 is 0 Å². The van der Waals surface area contributed by atoms with E-state index in [0.717, 1.165) is 37.7 Å². The number of anilines is 1. The van der Waals surface area contributed by atoms with Crippen LogP contribution in [-0.4, -0.2) is 72.8 Å². The van der Waals surface area contributed by atoms with Crippen LogP contribution in [0, 0.1) is 18.8 Å². The molecule has 1 amide bonds. The molecule has 2 atom stereocenters. The summed E-state index contributed by atoms with van der Waals surface area (Å²) in [5.41, 5.74) is 0.935. The lowest BCUT2D eigenvalue weighted by molar-refractivity contribution is -0.124. The lowest BCUT2D eigenvalue weighted by Gasteiger charge is -2.28. The van der Waals surface area contributed by atoms with E-state index in [0.29, 0.717) is 31.6 Å². The van der Waals surface area contributed by atoms with Crippen molar-refractivity contribution in [2.75, 3.05) is 50.8 Å². The van der Waals surface area contributed by atoms with E-state index in [9.17, 15) is 4.79 Å². The summed E-state index contributed by atoms with van der Waals surface area (Å²) < 4.78 is 5.34. The van der Waals surface area contributed by atoms with Gasteiger partial charge in [-0.05, 0) is 12.8 Å². The van der Waals surface area contributed by atoms with Crippen LogP contribution in [0.5, 0.6) is 0 Å². The first kappa shape index (κ1) is 18.1. The molecule has 2 aliphatic heterocycles. The number of hydrogen-bond donors (Lipinski definition) is 1. The molecule has 2 saturated heterocycles. The number of hydrogen-bond acceptors (Lipinski definition) is 6. The van der Waals surface area contributed by atoms with Crippen molar-refractivity contribution in [2.45, 2.75) is 26.8 Å². The van der Waals surface area contributed by atoms with Gasteiger partial charge in [0.1, 0.15) is 5.82 Å². The zero-order valence-electron chi connectivity index (χ0n) is 15.4. The predicted molar refractivity (Wildman–Crippen MR) is 96.5 cm³/mol. The summed E-state index contributed by atoms with van der Waals surface area (Å²) in [6, 6.07) is 0.148. The SMILES string of the molecule is Cc1nccnc1N1C[C@H](NC(=O)CN2CCOCC2)[C@@H](C(C)C)C1. The van der Waals surface area contributed by atoms with Gasteiger partial charge in [-0.25, -0.2) is 4.98 Å². The van der Waals surface area contributed by atoms with Gasteiger partial charge >= 0.3 is 0 Å². The molecule has 7 nitrogen and oxygen atoms in total. The molecule has 3 rings (SSSR count). The Morgan fingerprint density at radius 3 is 2.68 bits per heavy atom. The van der Waals surface area contributed by atoms with E-state index in [1.165, 1.54) is 0 Å². The molecule has 2 fully saturated rings. The number of nitrogens with zero attached hydrogens (tertiary/aromatic N) is 4. The van der Waals surface area contributed by atoms with Crippen molar-refractivity contribution in [1.29, 1.82) is 0 Å². The highest BCUT2D eigenvalue weighted by Crippen LogP contribution is 2.28. The van der Waals surface area contributed by atoms with Gasteiger partial charge in [-0.2, -0.15) is 0 Å². The molecule has 25 heavy (non-hydrogen) atoms. The Labute approximate surface area is 149 Å². The number of carbonyl (C=O) groups excluding carboxylic acids is 1. The molecule has 138 valence electrons. The van der Waals surface area contributed by atoms with E-state index in [1.54, 1.807) is 12.4 Å². The zero-order chi connectivity index (χ0) is 17.8. The topological polar surface area (TPSA) is 70.6 Å². The smallest absolute Gasteiger partial charge is 0.234 e. The molecule has 0 spiro atoms. The van der Waals surface area contributed by atoms with E-state index >= 15 is 0 Å². The van der Waals surface area contributed by atoms with Crippen molar-refractivity contribution in [3.8, 4) is 0 Å². The molecule has 0 saturated carbocycles. The lowest BCUT2D eigenvalue weighted by atomic mass is 9.91. The molecule has 7 heteroatoms. The summed E-state index contributed by atoms with van der Waals surface area (Å²) in [4.78, 5) is 25.8. The van der Waals surface area contributed by atoms with Gasteiger partial charge in [0, 0.05) is 44.5 Å². The second-order valence-electron chi connectivity index (χ2n) is 7.34. The minimum absolute atomic E-state index is 0.107. The molecule has 0 bridgehead atoms. The Morgan fingerprint density at radius 2 is 2.00 bits per heavy atom. The Balaban J connectivity index is 1.62. The molecular formula is C18H29N5O2. The largest absolute Gasteiger partial charge is 0.379 e. The number of carbonyl (C=O) groups is 1. The Hall–Kier alpha value is -1.73. The first-order valence-corrected chi connectivity index (χ1v) is 9.16. The second-order valence-corrected chi connectivity index (χ2v) is 7.34. The predicted octanol–water partition coefficient (Wildman–Crippen LogP) is 0.694. The molecule has 2 aliphatic rings. The van der Waals surface area contributed by atoms with Gasteiger partial charge in [0.05, 0.1) is 31.5 Å². The summed E-state index contributed by atoms with van der Waals surface area (Å²) in [6.07, 6.45) is 3.45. The van der Waals surface area contributed by atoms with Gasteiger partial charge in [-0.3, -0.25) is 14.7 Å². The lowest BCUT2D eigenvalue weighted by Crippen LogP contribution is -2.48. The van der Waals surface area contributed by atoms with Crippen LogP contribution in [0.2, 0.25) is 0 Å². The van der Waals surface area contributed by atoms with Crippen LogP contribution in [0.4, 0.5) is 5.82 Å². The highest BCUT2D eigenvalue weighted by atomic mass is 16.5. The van der Waals surface area contributed by atoms with Crippen LogP contribution in [0.15, 0.2) is 12.4 Å². The quantitative estimate of drug-likeness (QED) is 0.845. The fourth-order valence-electron chi connectivity index (χ4n) is 3.76. The van der Waals surface area contributed by atoms with Crippen molar-refractivity contribution in [3.05, 3.63) is 18.1 Å². The second kappa shape index (κ2) is 8.10. The maximum Gasteiger partial charge on any atom is 0.234 e. The fraction of sp³-hybridized carbons (Fsp3) is 0.722. The highest BCUT2D eigenvalue weighted by molar-refractivity contribution is 5.78. The van der Waals surface area contributed by atoms with Crippen molar-refractivity contribution >= 4 is 11.7 Å². The summed E-state index contributed by atoms with van der Waals surface area (Å²) >= 11 is 0. The monoisotopic (exact) mass is 347 g/mol. The van der Waals surface area contributed by atoms with Gasteiger partial charge < -0.3 is 15.0 Å². The average molecular weight is 347 g/mol. The van der Waals surface area contributed by atoms with E-state index in [4.69, 9.17) is 4.74 Å². The van der Waals surface area contributed by atoms with Gasteiger partial charge in [0.15, 0.2) is 0 Å². The van der Waals surface area contributed by atoms with Gasteiger partial charge in [0.2, 0.25) is 5.91 Å². The number of nitrogens with one attached hydrogen (secondary N) is 1. The molecule has 0 aliphatic carbocycles. The molecule has 1 N–H and O–H groups in total. The third kappa shape index (κ3) is 4.46. The van der Waals surface area contributed by atoms with E-state index in [2.05, 4.69) is 38.9 Å². The minimum atomic E-state index is 0.107. The highest BCUT2D eigenvalue weighted by Gasteiger charge is 2.36. The van der Waals surface area contributed by atoms with Crippen LogP contribution in [0.3, 0.4) is 0 Å². The molecular weight excluding hydrogens is 318 g/mol. The summed E-state index contributed by atoms with van der Waals surface area (Å²) in [5.74, 6) is 1.94. The van der Waals surface area contributed by atoms with Crippen LogP contribution in [0.1, 0.15) is 19.5 Å². The van der Waals surface area contributed by atoms with Crippen molar-refractivity contribution in [3.63, 3.8) is 0 Å².